The van der Waals surface area contributed by atoms with Crippen LogP contribution in [0.25, 0.3) is 21.5 Å². The quantitative estimate of drug-likeness (QED) is 0.390. The smallest absolute Gasteiger partial charge is 0.120 e. The average molecular weight is 338 g/mol. The zero-order valence-corrected chi connectivity index (χ0v) is 14.9. The van der Waals surface area contributed by atoms with Gasteiger partial charge in [-0.3, -0.25) is 0 Å². The van der Waals surface area contributed by atoms with E-state index in [1.807, 2.05) is 6.07 Å². The minimum absolute atomic E-state index is 0.604. The molecule has 1 heteroatoms. The molecule has 0 aromatic heterocycles. The van der Waals surface area contributed by atoms with Crippen molar-refractivity contribution in [1.29, 1.82) is 0 Å². The Balaban J connectivity index is 1.57. The van der Waals surface area contributed by atoms with Crippen LogP contribution in [0.5, 0.6) is 5.75 Å². The van der Waals surface area contributed by atoms with Gasteiger partial charge in [-0.25, -0.2) is 0 Å². The molecule has 0 saturated carbocycles. The molecule has 0 unspecified atom stereocenters. The first kappa shape index (κ1) is 15.5. The van der Waals surface area contributed by atoms with Gasteiger partial charge in [-0.15, -0.1) is 0 Å². The Kier molecular flexibility index (Phi) is 3.86. The number of fused-ring (bicyclic) bond motifs is 5. The van der Waals surface area contributed by atoms with Gasteiger partial charge in [0.05, 0.1) is 0 Å². The first-order valence-corrected chi connectivity index (χ1v) is 9.52. The molecule has 0 amide bonds. The minimum Gasteiger partial charge on any atom is -0.489 e. The maximum absolute atomic E-state index is 6.06. The van der Waals surface area contributed by atoms with Gasteiger partial charge >= 0.3 is 0 Å². The average Bonchev–Trinajstić information content (AvgIpc) is 2.72. The van der Waals surface area contributed by atoms with E-state index in [2.05, 4.69) is 66.7 Å². The van der Waals surface area contributed by atoms with Crippen molar-refractivity contribution in [2.45, 2.75) is 32.3 Å². The Bertz CT molecular complexity index is 1080. The third kappa shape index (κ3) is 2.74. The summed E-state index contributed by atoms with van der Waals surface area (Å²) in [7, 11) is 0. The third-order valence-corrected chi connectivity index (χ3v) is 5.57. The molecule has 0 N–H and O–H groups in total. The summed E-state index contributed by atoms with van der Waals surface area (Å²) in [4.78, 5) is 0. The van der Waals surface area contributed by atoms with Gasteiger partial charge in [-0.2, -0.15) is 0 Å². The van der Waals surface area contributed by atoms with Crippen LogP contribution in [0.4, 0.5) is 0 Å². The standard InChI is InChI=1S/C25H22O/c1-2-6-18(7-3-1)17-26-21-13-10-20-12-14-23-22-9-5-4-8-19(22)11-15-24(23)25(20)16-21/h1-3,6-7,10-16H,4-5,8-9,17H2. The van der Waals surface area contributed by atoms with Gasteiger partial charge in [0, 0.05) is 0 Å². The highest BCUT2D eigenvalue weighted by Gasteiger charge is 2.13. The summed E-state index contributed by atoms with van der Waals surface area (Å²) in [6.07, 6.45) is 5.07. The number of rotatable bonds is 3. The van der Waals surface area contributed by atoms with Crippen LogP contribution in [-0.4, -0.2) is 0 Å². The van der Waals surface area contributed by atoms with Gasteiger partial charge in [0.2, 0.25) is 0 Å². The van der Waals surface area contributed by atoms with E-state index < -0.39 is 0 Å². The van der Waals surface area contributed by atoms with E-state index in [0.29, 0.717) is 6.61 Å². The number of hydrogen-bond donors (Lipinski definition) is 0. The molecule has 128 valence electrons. The van der Waals surface area contributed by atoms with Crippen LogP contribution in [0.15, 0.2) is 72.8 Å². The summed E-state index contributed by atoms with van der Waals surface area (Å²) in [6.45, 7) is 0.604. The van der Waals surface area contributed by atoms with E-state index in [4.69, 9.17) is 4.74 Å². The zero-order valence-electron chi connectivity index (χ0n) is 14.9. The maximum Gasteiger partial charge on any atom is 0.120 e. The highest BCUT2D eigenvalue weighted by molar-refractivity contribution is 6.09. The monoisotopic (exact) mass is 338 g/mol. The fourth-order valence-corrected chi connectivity index (χ4v) is 4.20. The first-order valence-electron chi connectivity index (χ1n) is 9.52. The third-order valence-electron chi connectivity index (χ3n) is 5.57. The Morgan fingerprint density at radius 3 is 2.42 bits per heavy atom. The Hall–Kier alpha value is -2.80. The second kappa shape index (κ2) is 6.49. The lowest BCUT2D eigenvalue weighted by atomic mass is 9.86. The molecule has 0 atom stereocenters. The van der Waals surface area contributed by atoms with Crippen molar-refractivity contribution in [2.75, 3.05) is 0 Å². The van der Waals surface area contributed by atoms with E-state index in [9.17, 15) is 0 Å². The topological polar surface area (TPSA) is 9.23 Å². The molecule has 4 aromatic rings. The molecule has 26 heavy (non-hydrogen) atoms. The van der Waals surface area contributed by atoms with Crippen molar-refractivity contribution in [3.63, 3.8) is 0 Å². The molecule has 5 rings (SSSR count). The van der Waals surface area contributed by atoms with Crippen LogP contribution in [0, 0.1) is 0 Å². The lowest BCUT2D eigenvalue weighted by molar-refractivity contribution is 0.306. The summed E-state index contributed by atoms with van der Waals surface area (Å²) in [5, 5.41) is 5.35. The van der Waals surface area contributed by atoms with Gasteiger partial charge in [0.1, 0.15) is 12.4 Å². The van der Waals surface area contributed by atoms with Crippen molar-refractivity contribution in [2.24, 2.45) is 0 Å². The summed E-state index contributed by atoms with van der Waals surface area (Å²) >= 11 is 0. The van der Waals surface area contributed by atoms with E-state index in [1.165, 1.54) is 52.8 Å². The molecule has 0 aliphatic heterocycles. The van der Waals surface area contributed by atoms with E-state index in [0.717, 1.165) is 5.75 Å². The highest BCUT2D eigenvalue weighted by Crippen LogP contribution is 2.34. The highest BCUT2D eigenvalue weighted by atomic mass is 16.5. The second-order valence-electron chi connectivity index (χ2n) is 7.23. The molecule has 0 fully saturated rings. The van der Waals surface area contributed by atoms with Crippen LogP contribution in [0.1, 0.15) is 29.5 Å². The summed E-state index contributed by atoms with van der Waals surface area (Å²) < 4.78 is 6.06. The molecule has 4 aromatic carbocycles. The van der Waals surface area contributed by atoms with E-state index in [1.54, 1.807) is 11.1 Å². The number of ether oxygens (including phenoxy) is 1. The fourth-order valence-electron chi connectivity index (χ4n) is 4.20. The first-order chi connectivity index (χ1) is 12.9. The van der Waals surface area contributed by atoms with Crippen LogP contribution in [0.3, 0.4) is 0 Å². The van der Waals surface area contributed by atoms with E-state index in [-0.39, 0.29) is 0 Å². The molecule has 1 aliphatic carbocycles. The summed E-state index contributed by atoms with van der Waals surface area (Å²) in [5.41, 5.74) is 4.30. The fraction of sp³-hybridized carbons (Fsp3) is 0.200. The van der Waals surface area contributed by atoms with Crippen LogP contribution in [-0.2, 0) is 19.4 Å². The molecule has 0 spiro atoms. The van der Waals surface area contributed by atoms with Crippen molar-refractivity contribution in [3.8, 4) is 5.75 Å². The Labute approximate surface area is 154 Å². The minimum atomic E-state index is 0.604. The zero-order chi connectivity index (χ0) is 17.3. The molecular weight excluding hydrogens is 316 g/mol. The van der Waals surface area contributed by atoms with Crippen molar-refractivity contribution < 1.29 is 4.74 Å². The lowest BCUT2D eigenvalue weighted by Crippen LogP contribution is -2.03. The van der Waals surface area contributed by atoms with Crippen LogP contribution >= 0.6 is 0 Å². The van der Waals surface area contributed by atoms with Gasteiger partial charge in [-0.1, -0.05) is 60.7 Å². The summed E-state index contributed by atoms with van der Waals surface area (Å²) in [6, 6.07) is 26.0. The van der Waals surface area contributed by atoms with Crippen molar-refractivity contribution in [1.82, 2.24) is 0 Å². The SMILES string of the molecule is c1ccc(COc2ccc3ccc4c5c(ccc4c3c2)CCCC5)cc1. The lowest BCUT2D eigenvalue weighted by Gasteiger charge is -2.19. The van der Waals surface area contributed by atoms with Gasteiger partial charge in [0.25, 0.3) is 0 Å². The molecule has 0 radical (unpaired) electrons. The van der Waals surface area contributed by atoms with Gasteiger partial charge in [-0.05, 0) is 76.1 Å². The van der Waals surface area contributed by atoms with E-state index >= 15 is 0 Å². The predicted octanol–water partition coefficient (Wildman–Crippen LogP) is 6.45. The van der Waals surface area contributed by atoms with Crippen molar-refractivity contribution >= 4 is 21.5 Å². The molecule has 1 aliphatic rings. The molecule has 0 bridgehead atoms. The normalized spacial score (nSPS) is 13.7. The van der Waals surface area contributed by atoms with Crippen LogP contribution in [0.2, 0.25) is 0 Å². The summed E-state index contributed by atoms with van der Waals surface area (Å²) in [5.74, 6) is 0.937. The molecular formula is C25H22O. The van der Waals surface area contributed by atoms with Gasteiger partial charge < -0.3 is 4.74 Å². The Morgan fingerprint density at radius 2 is 1.50 bits per heavy atom. The number of hydrogen-bond acceptors (Lipinski definition) is 1. The van der Waals surface area contributed by atoms with Gasteiger partial charge in [0.15, 0.2) is 0 Å². The molecule has 1 nitrogen and oxygen atoms in total. The largest absolute Gasteiger partial charge is 0.489 e. The van der Waals surface area contributed by atoms with Crippen molar-refractivity contribution in [3.05, 3.63) is 89.5 Å². The Morgan fingerprint density at radius 1 is 0.692 bits per heavy atom. The number of benzene rings is 4. The maximum atomic E-state index is 6.06. The van der Waals surface area contributed by atoms with Crippen LogP contribution < -0.4 is 4.74 Å². The predicted molar refractivity (Wildman–Crippen MR) is 109 cm³/mol. The second-order valence-corrected chi connectivity index (χ2v) is 7.23. The number of aryl methyl sites for hydroxylation is 2. The molecule has 0 heterocycles. The molecule has 0 saturated heterocycles.